The van der Waals surface area contributed by atoms with Crippen LogP contribution in [0.4, 0.5) is 11.6 Å². The van der Waals surface area contributed by atoms with Gasteiger partial charge in [-0.25, -0.2) is 14.6 Å². The molecule has 1 aliphatic rings. The van der Waals surface area contributed by atoms with Gasteiger partial charge in [-0.3, -0.25) is 9.59 Å². The molecular formula is C24H22N6O2. The fraction of sp³-hybridized carbons (Fsp3) is 0.208. The van der Waals surface area contributed by atoms with Crippen LogP contribution >= 0.6 is 0 Å². The Balaban J connectivity index is 1.46. The van der Waals surface area contributed by atoms with Crippen LogP contribution in [0.2, 0.25) is 0 Å². The van der Waals surface area contributed by atoms with Gasteiger partial charge in [-0.05, 0) is 36.6 Å². The summed E-state index contributed by atoms with van der Waals surface area (Å²) < 4.78 is 1.29. The number of nitrogens with zero attached hydrogens (tertiary/aromatic N) is 5. The van der Waals surface area contributed by atoms with Crippen molar-refractivity contribution in [2.24, 2.45) is 0 Å². The van der Waals surface area contributed by atoms with E-state index in [9.17, 15) is 9.59 Å². The van der Waals surface area contributed by atoms with Gasteiger partial charge in [-0.15, -0.1) is 0 Å². The van der Waals surface area contributed by atoms with Crippen LogP contribution < -0.4 is 15.8 Å². The quantitative estimate of drug-likeness (QED) is 0.527. The number of nitrogens with one attached hydrogen (secondary N) is 1. The molecule has 0 spiro atoms. The Hall–Kier alpha value is -4.07. The van der Waals surface area contributed by atoms with E-state index in [1.165, 1.54) is 16.8 Å². The minimum Gasteiger partial charge on any atom is -0.354 e. The third kappa shape index (κ3) is 4.07. The van der Waals surface area contributed by atoms with Gasteiger partial charge < -0.3 is 10.2 Å². The van der Waals surface area contributed by atoms with Crippen molar-refractivity contribution in [1.29, 1.82) is 0 Å². The fourth-order valence-corrected chi connectivity index (χ4v) is 3.84. The standard InChI is InChI=1S/C24H22N6O2/c31-21-13-12-20(28-30(21)16-17-8-2-1-3-9-17)24(32)27-22-23(29-14-6-7-15-29)26-19-11-5-4-10-18(19)25-22/h1-5,8-13H,6-7,14-16H2,(H,25,27,32). The van der Waals surface area contributed by atoms with E-state index >= 15 is 0 Å². The summed E-state index contributed by atoms with van der Waals surface area (Å²) in [4.78, 5) is 36.9. The molecule has 3 heterocycles. The van der Waals surface area contributed by atoms with Crippen LogP contribution in [-0.2, 0) is 6.54 Å². The summed E-state index contributed by atoms with van der Waals surface area (Å²) >= 11 is 0. The first-order valence-corrected chi connectivity index (χ1v) is 10.6. The Morgan fingerprint density at radius 2 is 1.56 bits per heavy atom. The van der Waals surface area contributed by atoms with Crippen molar-refractivity contribution in [1.82, 2.24) is 19.7 Å². The number of hydrogen-bond donors (Lipinski definition) is 1. The molecule has 32 heavy (non-hydrogen) atoms. The van der Waals surface area contributed by atoms with Gasteiger partial charge in [-0.2, -0.15) is 5.10 Å². The number of anilines is 2. The van der Waals surface area contributed by atoms with Gasteiger partial charge in [0.05, 0.1) is 17.6 Å². The maximum Gasteiger partial charge on any atom is 0.277 e. The largest absolute Gasteiger partial charge is 0.354 e. The molecule has 0 atom stereocenters. The number of carbonyl (C=O) groups excluding carboxylic acids is 1. The predicted octanol–water partition coefficient (Wildman–Crippen LogP) is 3.09. The Morgan fingerprint density at radius 1 is 0.875 bits per heavy atom. The van der Waals surface area contributed by atoms with E-state index in [1.807, 2.05) is 54.6 Å². The van der Waals surface area contributed by atoms with Gasteiger partial charge in [0.25, 0.3) is 11.5 Å². The second-order valence-corrected chi connectivity index (χ2v) is 7.73. The number of amides is 1. The van der Waals surface area contributed by atoms with E-state index in [4.69, 9.17) is 4.98 Å². The first-order valence-electron chi connectivity index (χ1n) is 10.6. The van der Waals surface area contributed by atoms with Gasteiger partial charge in [0.15, 0.2) is 11.6 Å². The Labute approximate surface area is 184 Å². The highest BCUT2D eigenvalue weighted by Crippen LogP contribution is 2.28. The minimum atomic E-state index is -0.433. The molecule has 5 rings (SSSR count). The van der Waals surface area contributed by atoms with Crippen LogP contribution in [0.3, 0.4) is 0 Å². The lowest BCUT2D eigenvalue weighted by Crippen LogP contribution is -2.27. The van der Waals surface area contributed by atoms with Crippen LogP contribution in [-0.4, -0.2) is 38.7 Å². The molecule has 1 aliphatic heterocycles. The smallest absolute Gasteiger partial charge is 0.277 e. The Kier molecular flexibility index (Phi) is 5.33. The summed E-state index contributed by atoms with van der Waals surface area (Å²) in [6, 6.07) is 19.9. The maximum atomic E-state index is 13.1. The third-order valence-electron chi connectivity index (χ3n) is 5.46. The van der Waals surface area contributed by atoms with E-state index in [1.54, 1.807) is 0 Å². The normalized spacial score (nSPS) is 13.4. The van der Waals surface area contributed by atoms with E-state index in [0.29, 0.717) is 17.2 Å². The number of aromatic nitrogens is 4. The van der Waals surface area contributed by atoms with Gasteiger partial charge >= 0.3 is 0 Å². The van der Waals surface area contributed by atoms with E-state index in [0.717, 1.165) is 37.0 Å². The molecule has 0 saturated carbocycles. The minimum absolute atomic E-state index is 0.142. The summed E-state index contributed by atoms with van der Waals surface area (Å²) in [7, 11) is 0. The second-order valence-electron chi connectivity index (χ2n) is 7.73. The van der Waals surface area contributed by atoms with Gasteiger partial charge in [0.1, 0.15) is 5.69 Å². The zero-order chi connectivity index (χ0) is 21.9. The van der Waals surface area contributed by atoms with Crippen LogP contribution in [0.5, 0.6) is 0 Å². The van der Waals surface area contributed by atoms with Crippen molar-refractivity contribution in [2.45, 2.75) is 19.4 Å². The SMILES string of the molecule is O=C(Nc1nc2ccccc2nc1N1CCCC1)c1ccc(=O)n(Cc2ccccc2)n1. The number of carbonyl (C=O) groups is 1. The van der Waals surface area contributed by atoms with Crippen molar-refractivity contribution in [3.05, 3.63) is 88.3 Å². The zero-order valence-electron chi connectivity index (χ0n) is 17.4. The topological polar surface area (TPSA) is 93.0 Å². The monoisotopic (exact) mass is 426 g/mol. The molecule has 1 amide bonds. The second kappa shape index (κ2) is 8.58. The highest BCUT2D eigenvalue weighted by atomic mass is 16.2. The number of hydrogen-bond acceptors (Lipinski definition) is 6. The van der Waals surface area contributed by atoms with Gasteiger partial charge in [-0.1, -0.05) is 42.5 Å². The average Bonchev–Trinajstić information content (AvgIpc) is 3.35. The maximum absolute atomic E-state index is 13.1. The summed E-state index contributed by atoms with van der Waals surface area (Å²) in [5.74, 6) is 0.627. The lowest BCUT2D eigenvalue weighted by Gasteiger charge is -2.20. The molecule has 0 aliphatic carbocycles. The summed E-state index contributed by atoms with van der Waals surface area (Å²) in [5, 5.41) is 7.16. The Morgan fingerprint density at radius 3 is 2.31 bits per heavy atom. The van der Waals surface area contributed by atoms with Crippen LogP contribution in [0, 0.1) is 0 Å². The highest BCUT2D eigenvalue weighted by molar-refractivity contribution is 6.04. The van der Waals surface area contributed by atoms with Gasteiger partial charge in [0.2, 0.25) is 0 Å². The number of fused-ring (bicyclic) bond motifs is 1. The van der Waals surface area contributed by atoms with Crippen LogP contribution in [0.15, 0.2) is 71.5 Å². The predicted molar refractivity (Wildman–Crippen MR) is 123 cm³/mol. The van der Waals surface area contributed by atoms with Crippen molar-refractivity contribution < 1.29 is 4.79 Å². The Bertz CT molecular complexity index is 1330. The lowest BCUT2D eigenvalue weighted by molar-refractivity contribution is 0.101. The summed E-state index contributed by atoms with van der Waals surface area (Å²) in [6.45, 7) is 2.03. The molecule has 1 fully saturated rings. The van der Waals surface area contributed by atoms with Crippen LogP contribution in [0.25, 0.3) is 11.0 Å². The van der Waals surface area contributed by atoms with E-state index in [2.05, 4.69) is 20.3 Å². The molecule has 0 bridgehead atoms. The van der Waals surface area contributed by atoms with Crippen LogP contribution in [0.1, 0.15) is 28.9 Å². The highest BCUT2D eigenvalue weighted by Gasteiger charge is 2.21. The number of benzene rings is 2. The molecule has 0 radical (unpaired) electrons. The van der Waals surface area contributed by atoms with Gasteiger partial charge in [0, 0.05) is 19.2 Å². The van der Waals surface area contributed by atoms with Crippen molar-refractivity contribution in [3.63, 3.8) is 0 Å². The molecule has 4 aromatic rings. The van der Waals surface area contributed by atoms with Crippen molar-refractivity contribution in [2.75, 3.05) is 23.3 Å². The van der Waals surface area contributed by atoms with E-state index < -0.39 is 5.91 Å². The average molecular weight is 426 g/mol. The molecule has 8 nitrogen and oxygen atoms in total. The molecule has 160 valence electrons. The number of para-hydroxylation sites is 2. The van der Waals surface area contributed by atoms with Crippen molar-refractivity contribution in [3.8, 4) is 0 Å². The molecule has 1 N–H and O–H groups in total. The molecule has 8 heteroatoms. The fourth-order valence-electron chi connectivity index (χ4n) is 3.84. The first-order chi connectivity index (χ1) is 15.7. The van der Waals surface area contributed by atoms with Crippen molar-refractivity contribution >= 4 is 28.6 Å². The zero-order valence-corrected chi connectivity index (χ0v) is 17.4. The summed E-state index contributed by atoms with van der Waals surface area (Å²) in [6.07, 6.45) is 2.15. The third-order valence-corrected chi connectivity index (χ3v) is 5.46. The summed E-state index contributed by atoms with van der Waals surface area (Å²) in [5.41, 5.74) is 2.28. The molecule has 0 unspecified atom stereocenters. The molecule has 2 aromatic carbocycles. The number of rotatable bonds is 5. The lowest BCUT2D eigenvalue weighted by atomic mass is 10.2. The van der Waals surface area contributed by atoms with E-state index in [-0.39, 0.29) is 17.8 Å². The first kappa shape index (κ1) is 19.9. The molecule has 1 saturated heterocycles. The molecular weight excluding hydrogens is 404 g/mol. The molecule has 2 aromatic heterocycles.